The number of carbonyl (C=O) groups is 3. The number of aliphatic hydroxyl groups excluding tert-OH is 1. The van der Waals surface area contributed by atoms with Gasteiger partial charge in [-0.15, -0.1) is 0 Å². The van der Waals surface area contributed by atoms with Gasteiger partial charge in [0.1, 0.15) is 5.78 Å². The maximum Gasteiger partial charge on any atom is 0.309 e. The van der Waals surface area contributed by atoms with Gasteiger partial charge in [0.15, 0.2) is 5.78 Å². The highest BCUT2D eigenvalue weighted by Gasteiger charge is 2.71. The first-order valence-corrected chi connectivity index (χ1v) is 13.7. The number of allylic oxidation sites excluding steroid dienone is 2. The van der Waals surface area contributed by atoms with Crippen molar-refractivity contribution in [3.05, 3.63) is 11.6 Å². The first-order valence-electron chi connectivity index (χ1n) is 13.7. The van der Waals surface area contributed by atoms with E-state index in [1.54, 1.807) is 6.92 Å². The molecule has 0 radical (unpaired) electrons. The molecule has 2 N–H and O–H groups in total. The number of ketones is 2. The van der Waals surface area contributed by atoms with Crippen molar-refractivity contribution in [2.75, 3.05) is 0 Å². The zero-order valence-electron chi connectivity index (χ0n) is 22.7. The molecule has 0 heterocycles. The fourth-order valence-corrected chi connectivity index (χ4v) is 10.3. The summed E-state index contributed by atoms with van der Waals surface area (Å²) < 4.78 is 0. The molecule has 5 aliphatic carbocycles. The van der Waals surface area contributed by atoms with Gasteiger partial charge in [0.2, 0.25) is 0 Å². The van der Waals surface area contributed by atoms with E-state index in [-0.39, 0.29) is 46.2 Å². The first-order chi connectivity index (χ1) is 16.0. The maximum atomic E-state index is 14.2. The van der Waals surface area contributed by atoms with E-state index in [1.807, 2.05) is 6.08 Å². The van der Waals surface area contributed by atoms with E-state index >= 15 is 0 Å². The maximum absolute atomic E-state index is 14.2. The molecule has 0 aromatic rings. The molecule has 5 aliphatic rings. The summed E-state index contributed by atoms with van der Waals surface area (Å²) in [6.07, 6.45) is 6.80. The van der Waals surface area contributed by atoms with Crippen LogP contribution in [0.5, 0.6) is 0 Å². The second-order valence-electron chi connectivity index (χ2n) is 14.8. The average molecular weight is 485 g/mol. The quantitative estimate of drug-likeness (QED) is 0.506. The van der Waals surface area contributed by atoms with Crippen molar-refractivity contribution in [2.24, 2.45) is 50.2 Å². The molecule has 5 heteroatoms. The normalized spacial score (nSPS) is 53.0. The molecule has 0 aliphatic heterocycles. The Hall–Kier alpha value is -1.49. The van der Waals surface area contributed by atoms with Crippen LogP contribution in [0.2, 0.25) is 0 Å². The van der Waals surface area contributed by atoms with E-state index in [1.165, 1.54) is 0 Å². The van der Waals surface area contributed by atoms with E-state index in [0.29, 0.717) is 18.6 Å². The number of hydrogen-bond acceptors (Lipinski definition) is 4. The van der Waals surface area contributed by atoms with Crippen molar-refractivity contribution in [3.63, 3.8) is 0 Å². The molecule has 0 amide bonds. The number of fused-ring (bicyclic) bond motifs is 7. The van der Waals surface area contributed by atoms with Crippen LogP contribution < -0.4 is 0 Å². The van der Waals surface area contributed by atoms with Gasteiger partial charge in [0, 0.05) is 23.2 Å². The second-order valence-corrected chi connectivity index (χ2v) is 14.8. The Morgan fingerprint density at radius 3 is 2.20 bits per heavy atom. The van der Waals surface area contributed by atoms with Crippen LogP contribution >= 0.6 is 0 Å². The zero-order valence-corrected chi connectivity index (χ0v) is 22.7. The van der Waals surface area contributed by atoms with E-state index in [0.717, 1.165) is 37.7 Å². The Morgan fingerprint density at radius 1 is 0.914 bits per heavy atom. The van der Waals surface area contributed by atoms with Gasteiger partial charge in [0.25, 0.3) is 0 Å². The van der Waals surface area contributed by atoms with E-state index < -0.39 is 28.3 Å². The monoisotopic (exact) mass is 484 g/mol. The Bertz CT molecular complexity index is 1040. The van der Waals surface area contributed by atoms with E-state index in [2.05, 4.69) is 41.5 Å². The number of aliphatic hydroxyl groups is 1. The van der Waals surface area contributed by atoms with Crippen molar-refractivity contribution in [1.29, 1.82) is 0 Å². The van der Waals surface area contributed by atoms with Crippen LogP contribution in [0.3, 0.4) is 0 Å². The third-order valence-electron chi connectivity index (χ3n) is 12.9. The number of carboxylic acids is 1. The average Bonchev–Trinajstić information content (AvgIpc) is 2.74. The fraction of sp³-hybridized carbons (Fsp3) is 0.833. The predicted molar refractivity (Wildman–Crippen MR) is 133 cm³/mol. The molecule has 0 aromatic carbocycles. The Morgan fingerprint density at radius 2 is 1.57 bits per heavy atom. The summed E-state index contributed by atoms with van der Waals surface area (Å²) in [7, 11) is 0. The molecule has 0 saturated heterocycles. The van der Waals surface area contributed by atoms with Crippen LogP contribution in [0.15, 0.2) is 11.6 Å². The van der Waals surface area contributed by atoms with Crippen LogP contribution in [0.4, 0.5) is 0 Å². The van der Waals surface area contributed by atoms with Gasteiger partial charge in [-0.25, -0.2) is 0 Å². The third-order valence-corrected chi connectivity index (χ3v) is 12.9. The molecule has 5 nitrogen and oxygen atoms in total. The first kappa shape index (κ1) is 25.2. The second kappa shape index (κ2) is 7.08. The van der Waals surface area contributed by atoms with Crippen LogP contribution in [0.1, 0.15) is 99.8 Å². The van der Waals surface area contributed by atoms with Crippen LogP contribution in [0, 0.1) is 50.2 Å². The highest BCUT2D eigenvalue weighted by Crippen LogP contribution is 2.74. The van der Waals surface area contributed by atoms with Crippen molar-refractivity contribution >= 4 is 17.5 Å². The lowest BCUT2D eigenvalue weighted by Gasteiger charge is -2.70. The highest BCUT2D eigenvalue weighted by molar-refractivity contribution is 5.96. The summed E-state index contributed by atoms with van der Waals surface area (Å²) in [5.41, 5.74) is -1.44. The molecule has 9 atom stereocenters. The fourth-order valence-electron chi connectivity index (χ4n) is 10.3. The van der Waals surface area contributed by atoms with Gasteiger partial charge >= 0.3 is 5.97 Å². The molecule has 4 fully saturated rings. The topological polar surface area (TPSA) is 91.7 Å². The summed E-state index contributed by atoms with van der Waals surface area (Å²) >= 11 is 0. The molecule has 0 aromatic heterocycles. The van der Waals surface area contributed by atoms with Gasteiger partial charge in [-0.1, -0.05) is 47.1 Å². The van der Waals surface area contributed by atoms with Gasteiger partial charge in [-0.3, -0.25) is 14.4 Å². The Kier molecular flexibility index (Phi) is 5.09. The van der Waals surface area contributed by atoms with E-state index in [4.69, 9.17) is 0 Å². The predicted octanol–water partition coefficient (Wildman–Crippen LogP) is 5.59. The lowest BCUT2D eigenvalue weighted by atomic mass is 9.33. The number of hydrogen-bond donors (Lipinski definition) is 2. The zero-order chi connectivity index (χ0) is 26.0. The largest absolute Gasteiger partial charge is 0.481 e. The summed E-state index contributed by atoms with van der Waals surface area (Å²) in [6, 6.07) is 0. The van der Waals surface area contributed by atoms with Crippen molar-refractivity contribution in [3.8, 4) is 0 Å². The molecule has 35 heavy (non-hydrogen) atoms. The Labute approximate surface area is 210 Å². The van der Waals surface area contributed by atoms with Gasteiger partial charge in [-0.05, 0) is 86.0 Å². The van der Waals surface area contributed by atoms with Gasteiger partial charge in [-0.2, -0.15) is 0 Å². The summed E-state index contributed by atoms with van der Waals surface area (Å²) in [5, 5.41) is 21.3. The molecule has 1 unspecified atom stereocenters. The Balaban J connectivity index is 1.64. The van der Waals surface area contributed by atoms with Crippen LogP contribution in [0.25, 0.3) is 0 Å². The third kappa shape index (κ3) is 2.88. The summed E-state index contributed by atoms with van der Waals surface area (Å²) in [4.78, 5) is 39.4. The van der Waals surface area contributed by atoms with E-state index in [9.17, 15) is 24.6 Å². The SMILES string of the molecule is CC1(C)C(=O)CC[C@]2(C)[C@@H]1CC[C@]1(C)[C@H]2C(=O)C=C2[C@@H]3C[C@](C)(C(=O)O)CC(O)[C@]3(C)CC[C@]21C. The van der Waals surface area contributed by atoms with Crippen LogP contribution in [-0.2, 0) is 14.4 Å². The van der Waals surface area contributed by atoms with Crippen LogP contribution in [-0.4, -0.2) is 33.9 Å². The standard InChI is InChI=1S/C30H44O5/c1-25(2)20-8-11-30(7)23(28(20,5)10-9-21(25)32)19(31)14-17-18-15-26(3,24(34)35)16-22(33)27(18,4)12-13-29(17,30)6/h14,18,20,22-23,33H,8-13,15-16H2,1-7H3,(H,34,35)/t18-,20+,22?,23-,26-,27+,28+,29+,30+/m0/s1. The number of Topliss-reactive ketones (excluding diaryl/α,β-unsaturated/α-hetero) is 1. The minimum absolute atomic E-state index is 0.122. The molecule has 0 spiro atoms. The minimum Gasteiger partial charge on any atom is -0.481 e. The lowest BCUT2D eigenvalue weighted by Crippen LogP contribution is -2.67. The van der Waals surface area contributed by atoms with Gasteiger partial charge in [0.05, 0.1) is 11.5 Å². The number of carboxylic acid groups (broad SMARTS) is 1. The number of aliphatic carboxylic acids is 1. The number of carbonyl (C=O) groups excluding carboxylic acids is 2. The molecule has 194 valence electrons. The smallest absolute Gasteiger partial charge is 0.309 e. The molecule has 4 saturated carbocycles. The summed E-state index contributed by atoms with van der Waals surface area (Å²) in [6.45, 7) is 14.9. The van der Waals surface area contributed by atoms with Crippen molar-refractivity contribution in [1.82, 2.24) is 0 Å². The molecular formula is C30H44O5. The highest BCUT2D eigenvalue weighted by atomic mass is 16.4. The molecule has 0 bridgehead atoms. The molecule has 5 rings (SSSR count). The minimum atomic E-state index is -0.999. The van der Waals surface area contributed by atoms with Crippen molar-refractivity contribution < 1.29 is 24.6 Å². The van der Waals surface area contributed by atoms with Gasteiger partial charge < -0.3 is 10.2 Å². The lowest BCUT2D eigenvalue weighted by molar-refractivity contribution is -0.194. The van der Waals surface area contributed by atoms with Crippen molar-refractivity contribution in [2.45, 2.75) is 106 Å². The number of rotatable bonds is 1. The summed E-state index contributed by atoms with van der Waals surface area (Å²) in [5.74, 6) is -0.441. The molecular weight excluding hydrogens is 440 g/mol.